The number of benzene rings is 2. The van der Waals surface area contributed by atoms with Crippen molar-refractivity contribution in [1.82, 2.24) is 0 Å². The maximum Gasteiger partial charge on any atom is 0.0223 e. The van der Waals surface area contributed by atoms with Crippen molar-refractivity contribution >= 4 is 23.2 Å². The summed E-state index contributed by atoms with van der Waals surface area (Å²) < 4.78 is 0. The van der Waals surface area contributed by atoms with Crippen molar-refractivity contribution in [1.29, 1.82) is 0 Å². The standard InChI is InChI=1S/C19H20Cl2/c20-13-5-11-19(12-6-14-21)17-9-3-1-7-15(17)16-8-2-4-10-18(16)19/h1-4,7-10H,5-6,11-14H2. The van der Waals surface area contributed by atoms with Crippen molar-refractivity contribution in [3.05, 3.63) is 59.7 Å². The fourth-order valence-electron chi connectivity index (χ4n) is 3.82. The van der Waals surface area contributed by atoms with Gasteiger partial charge in [-0.3, -0.25) is 0 Å². The van der Waals surface area contributed by atoms with Crippen LogP contribution in [0, 0.1) is 0 Å². The number of hydrogen-bond donors (Lipinski definition) is 0. The van der Waals surface area contributed by atoms with Crippen molar-refractivity contribution < 1.29 is 0 Å². The maximum atomic E-state index is 6.00. The molecular formula is C19H20Cl2. The minimum absolute atomic E-state index is 0.0942. The molecule has 0 aromatic heterocycles. The Bertz CT molecular complexity index is 563. The lowest BCUT2D eigenvalue weighted by atomic mass is 9.71. The van der Waals surface area contributed by atoms with Gasteiger partial charge in [0.25, 0.3) is 0 Å². The Labute approximate surface area is 137 Å². The van der Waals surface area contributed by atoms with Crippen LogP contribution in [-0.4, -0.2) is 11.8 Å². The fraction of sp³-hybridized carbons (Fsp3) is 0.368. The molecule has 0 atom stereocenters. The number of fused-ring (bicyclic) bond motifs is 3. The van der Waals surface area contributed by atoms with Gasteiger partial charge in [-0.2, -0.15) is 0 Å². The van der Waals surface area contributed by atoms with E-state index in [1.54, 1.807) is 0 Å². The van der Waals surface area contributed by atoms with Gasteiger partial charge in [0.05, 0.1) is 0 Å². The average molecular weight is 319 g/mol. The van der Waals surface area contributed by atoms with Gasteiger partial charge in [-0.15, -0.1) is 23.2 Å². The van der Waals surface area contributed by atoms with Gasteiger partial charge in [-0.05, 0) is 47.9 Å². The molecule has 110 valence electrons. The van der Waals surface area contributed by atoms with E-state index in [2.05, 4.69) is 48.5 Å². The topological polar surface area (TPSA) is 0 Å². The molecule has 0 bridgehead atoms. The maximum absolute atomic E-state index is 6.00. The molecule has 3 rings (SSSR count). The lowest BCUT2D eigenvalue weighted by molar-refractivity contribution is 0.438. The molecule has 2 aromatic carbocycles. The van der Waals surface area contributed by atoms with Gasteiger partial charge in [0.2, 0.25) is 0 Å². The monoisotopic (exact) mass is 318 g/mol. The van der Waals surface area contributed by atoms with Crippen molar-refractivity contribution in [3.8, 4) is 11.1 Å². The number of halogens is 2. The molecule has 0 amide bonds. The molecule has 0 fully saturated rings. The van der Waals surface area contributed by atoms with Crippen LogP contribution >= 0.6 is 23.2 Å². The highest BCUT2D eigenvalue weighted by atomic mass is 35.5. The Balaban J connectivity index is 2.16. The van der Waals surface area contributed by atoms with Crippen LogP contribution in [0.25, 0.3) is 11.1 Å². The predicted octanol–water partition coefficient (Wildman–Crippen LogP) is 5.99. The normalized spacial score (nSPS) is 14.8. The van der Waals surface area contributed by atoms with E-state index in [4.69, 9.17) is 23.2 Å². The zero-order valence-corrected chi connectivity index (χ0v) is 13.6. The highest BCUT2D eigenvalue weighted by Gasteiger charge is 2.41. The van der Waals surface area contributed by atoms with E-state index in [1.165, 1.54) is 22.3 Å². The van der Waals surface area contributed by atoms with Crippen LogP contribution < -0.4 is 0 Å². The minimum atomic E-state index is 0.0942. The van der Waals surface area contributed by atoms with Crippen LogP contribution in [0.15, 0.2) is 48.5 Å². The highest BCUT2D eigenvalue weighted by molar-refractivity contribution is 6.18. The van der Waals surface area contributed by atoms with Gasteiger partial charge in [0.15, 0.2) is 0 Å². The van der Waals surface area contributed by atoms with Crippen LogP contribution in [0.4, 0.5) is 0 Å². The minimum Gasteiger partial charge on any atom is -0.127 e. The molecule has 2 aromatic rings. The van der Waals surface area contributed by atoms with E-state index in [0.29, 0.717) is 11.8 Å². The molecule has 0 N–H and O–H groups in total. The summed E-state index contributed by atoms with van der Waals surface area (Å²) in [5, 5.41) is 0. The van der Waals surface area contributed by atoms with Gasteiger partial charge in [-0.1, -0.05) is 48.5 Å². The molecule has 2 heteroatoms. The second-order valence-electron chi connectivity index (χ2n) is 5.76. The first-order chi connectivity index (χ1) is 10.3. The number of hydrogen-bond acceptors (Lipinski definition) is 0. The lowest BCUT2D eigenvalue weighted by Crippen LogP contribution is -2.25. The van der Waals surface area contributed by atoms with Gasteiger partial charge < -0.3 is 0 Å². The molecule has 1 aliphatic rings. The lowest BCUT2D eigenvalue weighted by Gasteiger charge is -2.32. The summed E-state index contributed by atoms with van der Waals surface area (Å²) in [7, 11) is 0. The summed E-state index contributed by atoms with van der Waals surface area (Å²) in [4.78, 5) is 0. The van der Waals surface area contributed by atoms with Crippen LogP contribution in [-0.2, 0) is 5.41 Å². The summed E-state index contributed by atoms with van der Waals surface area (Å²) in [6.45, 7) is 0. The van der Waals surface area contributed by atoms with Crippen LogP contribution in [0.1, 0.15) is 36.8 Å². The first-order valence-corrected chi connectivity index (χ1v) is 8.72. The van der Waals surface area contributed by atoms with E-state index < -0.39 is 0 Å². The summed E-state index contributed by atoms with van der Waals surface area (Å²) >= 11 is 12.0. The number of rotatable bonds is 6. The van der Waals surface area contributed by atoms with Crippen molar-refractivity contribution in [2.24, 2.45) is 0 Å². The smallest absolute Gasteiger partial charge is 0.0223 e. The zero-order valence-electron chi connectivity index (χ0n) is 12.1. The molecule has 0 nitrogen and oxygen atoms in total. The Kier molecular flexibility index (Phi) is 4.57. The zero-order chi connectivity index (χ0) is 14.7. The van der Waals surface area contributed by atoms with Gasteiger partial charge in [-0.25, -0.2) is 0 Å². The van der Waals surface area contributed by atoms with Gasteiger partial charge in [0.1, 0.15) is 0 Å². The van der Waals surface area contributed by atoms with Gasteiger partial charge in [0, 0.05) is 17.2 Å². The van der Waals surface area contributed by atoms with Crippen LogP contribution in [0.3, 0.4) is 0 Å². The van der Waals surface area contributed by atoms with Crippen molar-refractivity contribution in [2.45, 2.75) is 31.1 Å². The summed E-state index contributed by atoms with van der Waals surface area (Å²) in [5.41, 5.74) is 5.79. The Morgan fingerprint density at radius 1 is 0.667 bits per heavy atom. The first-order valence-electron chi connectivity index (χ1n) is 7.65. The molecule has 0 heterocycles. The highest BCUT2D eigenvalue weighted by Crippen LogP contribution is 2.53. The van der Waals surface area contributed by atoms with E-state index >= 15 is 0 Å². The molecule has 0 saturated heterocycles. The summed E-state index contributed by atoms with van der Waals surface area (Å²) in [6, 6.07) is 17.6. The third kappa shape index (κ3) is 2.49. The van der Waals surface area contributed by atoms with Gasteiger partial charge >= 0.3 is 0 Å². The third-order valence-corrected chi connectivity index (χ3v) is 5.18. The van der Waals surface area contributed by atoms with E-state index in [9.17, 15) is 0 Å². The van der Waals surface area contributed by atoms with E-state index in [1.807, 2.05) is 0 Å². The molecule has 0 spiro atoms. The van der Waals surface area contributed by atoms with Crippen LogP contribution in [0.2, 0.25) is 0 Å². The number of alkyl halides is 2. The van der Waals surface area contributed by atoms with Crippen molar-refractivity contribution in [2.75, 3.05) is 11.8 Å². The summed E-state index contributed by atoms with van der Waals surface area (Å²) in [5.74, 6) is 1.43. The first kappa shape index (κ1) is 14.9. The van der Waals surface area contributed by atoms with E-state index in [-0.39, 0.29) is 5.41 Å². The average Bonchev–Trinajstić information content (AvgIpc) is 2.82. The largest absolute Gasteiger partial charge is 0.127 e. The molecule has 0 aliphatic heterocycles. The predicted molar refractivity (Wildman–Crippen MR) is 92.6 cm³/mol. The molecule has 1 aliphatic carbocycles. The third-order valence-electron chi connectivity index (χ3n) is 4.65. The Morgan fingerprint density at radius 3 is 1.52 bits per heavy atom. The fourth-order valence-corrected chi connectivity index (χ4v) is 4.08. The van der Waals surface area contributed by atoms with Crippen LogP contribution in [0.5, 0.6) is 0 Å². The SMILES string of the molecule is ClCCCC1(CCCCl)c2ccccc2-c2ccccc21. The molecule has 0 radical (unpaired) electrons. The van der Waals surface area contributed by atoms with Crippen molar-refractivity contribution in [3.63, 3.8) is 0 Å². The second-order valence-corrected chi connectivity index (χ2v) is 6.51. The molecular weight excluding hydrogens is 299 g/mol. The summed E-state index contributed by atoms with van der Waals surface area (Å²) in [6.07, 6.45) is 4.27. The Morgan fingerprint density at radius 2 is 1.10 bits per heavy atom. The van der Waals surface area contributed by atoms with E-state index in [0.717, 1.165) is 25.7 Å². The molecule has 0 saturated carbocycles. The molecule has 0 unspecified atom stereocenters. The molecule has 21 heavy (non-hydrogen) atoms. The quantitative estimate of drug-likeness (QED) is 0.574. The second kappa shape index (κ2) is 6.42. The Hall–Kier alpha value is -0.980.